The molecule has 3 heterocycles. The fourth-order valence-corrected chi connectivity index (χ4v) is 4.20. The summed E-state index contributed by atoms with van der Waals surface area (Å²) in [7, 11) is 1.51. The van der Waals surface area contributed by atoms with Gasteiger partial charge in [0.15, 0.2) is 5.69 Å². The zero-order valence-electron chi connectivity index (χ0n) is 16.4. The van der Waals surface area contributed by atoms with Crippen LogP contribution in [0.25, 0.3) is 16.7 Å². The Morgan fingerprint density at radius 1 is 1.30 bits per heavy atom. The normalized spacial score (nSPS) is 20.2. The minimum Gasteiger partial charge on any atom is -0.364 e. The van der Waals surface area contributed by atoms with Crippen LogP contribution < -0.4 is 5.73 Å². The molecule has 3 aromatic rings. The van der Waals surface area contributed by atoms with E-state index in [1.165, 1.54) is 11.9 Å². The number of hydrogen-bond donors (Lipinski definition) is 1. The zero-order valence-corrected chi connectivity index (χ0v) is 16.4. The number of aromatic nitrogens is 5. The van der Waals surface area contributed by atoms with Crippen molar-refractivity contribution in [3.05, 3.63) is 36.7 Å². The molecular weight excluding hydrogens is 399 g/mol. The van der Waals surface area contributed by atoms with Gasteiger partial charge in [0.1, 0.15) is 17.7 Å². The largest absolute Gasteiger partial charge is 0.401 e. The first-order valence-electron chi connectivity index (χ1n) is 9.66. The van der Waals surface area contributed by atoms with E-state index >= 15 is 0 Å². The summed E-state index contributed by atoms with van der Waals surface area (Å²) in [6.07, 6.45) is 4.88. The maximum atomic E-state index is 12.7. The Balaban J connectivity index is 1.59. The van der Waals surface area contributed by atoms with Crippen molar-refractivity contribution in [1.82, 2.24) is 29.2 Å². The van der Waals surface area contributed by atoms with Crippen LogP contribution in [0.4, 0.5) is 13.2 Å². The van der Waals surface area contributed by atoms with E-state index in [1.807, 2.05) is 0 Å². The molecule has 0 spiro atoms. The van der Waals surface area contributed by atoms with Gasteiger partial charge >= 0.3 is 6.18 Å². The molecule has 0 aliphatic heterocycles. The van der Waals surface area contributed by atoms with Crippen molar-refractivity contribution in [2.45, 2.75) is 43.9 Å². The lowest BCUT2D eigenvalue weighted by Crippen LogP contribution is -2.41. The Morgan fingerprint density at radius 3 is 2.63 bits per heavy atom. The molecule has 1 aliphatic rings. The number of halogens is 3. The lowest BCUT2D eigenvalue weighted by atomic mass is 9.90. The number of imidazole rings is 1. The number of carbonyl (C=O) groups excluding carboxylic acids is 1. The molecule has 1 amide bonds. The molecule has 0 atom stereocenters. The number of pyridine rings is 1. The highest BCUT2D eigenvalue weighted by molar-refractivity contribution is 6.03. The summed E-state index contributed by atoms with van der Waals surface area (Å²) in [6, 6.07) is 1.64. The second kappa shape index (κ2) is 7.71. The topological polar surface area (TPSA) is 94.9 Å². The maximum absolute atomic E-state index is 12.7. The van der Waals surface area contributed by atoms with Crippen LogP contribution in [0.5, 0.6) is 0 Å². The molecule has 8 nitrogen and oxygen atoms in total. The third-order valence-electron chi connectivity index (χ3n) is 5.63. The number of nitrogens with zero attached hydrogens (tertiary/aromatic N) is 6. The van der Waals surface area contributed by atoms with Gasteiger partial charge in [-0.15, -0.1) is 0 Å². The summed E-state index contributed by atoms with van der Waals surface area (Å²) < 4.78 is 41.5. The van der Waals surface area contributed by atoms with E-state index in [0.717, 1.165) is 5.39 Å². The number of hydrogen-bond acceptors (Lipinski definition) is 5. The molecule has 1 fully saturated rings. The van der Waals surface area contributed by atoms with Crippen LogP contribution in [0.1, 0.15) is 42.2 Å². The van der Waals surface area contributed by atoms with Gasteiger partial charge in [-0.05, 0) is 38.8 Å². The molecule has 1 aliphatic carbocycles. The molecule has 11 heteroatoms. The molecule has 160 valence electrons. The monoisotopic (exact) mass is 421 g/mol. The Kier molecular flexibility index (Phi) is 5.22. The van der Waals surface area contributed by atoms with Gasteiger partial charge in [0.05, 0.1) is 18.8 Å². The minimum absolute atomic E-state index is 0.0305. The first-order chi connectivity index (χ1) is 14.2. The summed E-state index contributed by atoms with van der Waals surface area (Å²) >= 11 is 0. The average molecular weight is 421 g/mol. The fraction of sp³-hybridized carbons (Fsp3) is 0.474. The Morgan fingerprint density at radius 2 is 2.03 bits per heavy atom. The lowest BCUT2D eigenvalue weighted by molar-refractivity contribution is -0.148. The highest BCUT2D eigenvalue weighted by Gasteiger charge is 2.34. The molecule has 2 N–H and O–H groups in total. The zero-order chi connectivity index (χ0) is 21.5. The van der Waals surface area contributed by atoms with Crippen LogP contribution >= 0.6 is 0 Å². The van der Waals surface area contributed by atoms with Crippen LogP contribution in [-0.2, 0) is 0 Å². The van der Waals surface area contributed by atoms with Crippen molar-refractivity contribution in [3.8, 4) is 5.82 Å². The highest BCUT2D eigenvalue weighted by Crippen LogP contribution is 2.34. The van der Waals surface area contributed by atoms with Crippen molar-refractivity contribution in [2.75, 3.05) is 13.6 Å². The number of alkyl halides is 3. The van der Waals surface area contributed by atoms with Gasteiger partial charge in [0.2, 0.25) is 0 Å². The van der Waals surface area contributed by atoms with Crippen molar-refractivity contribution < 1.29 is 18.0 Å². The van der Waals surface area contributed by atoms with Crippen molar-refractivity contribution >= 4 is 16.8 Å². The molecule has 1 saturated carbocycles. The quantitative estimate of drug-likeness (QED) is 0.684. The molecule has 0 unspecified atom stereocenters. The molecule has 30 heavy (non-hydrogen) atoms. The van der Waals surface area contributed by atoms with Gasteiger partial charge in [-0.2, -0.15) is 18.3 Å². The molecule has 0 saturated heterocycles. The van der Waals surface area contributed by atoms with Crippen LogP contribution in [-0.4, -0.2) is 60.9 Å². The molecule has 4 rings (SSSR count). The van der Waals surface area contributed by atoms with Crippen LogP contribution in [0, 0.1) is 0 Å². The van der Waals surface area contributed by atoms with Gasteiger partial charge in [-0.25, -0.2) is 9.97 Å². The summed E-state index contributed by atoms with van der Waals surface area (Å²) in [5.74, 6) is -0.159. The third kappa shape index (κ3) is 4.02. The van der Waals surface area contributed by atoms with E-state index in [0.29, 0.717) is 37.0 Å². The number of fused-ring (bicyclic) bond motifs is 1. The highest BCUT2D eigenvalue weighted by atomic mass is 19.4. The van der Waals surface area contributed by atoms with Crippen LogP contribution in [0.3, 0.4) is 0 Å². The minimum atomic E-state index is -4.21. The summed E-state index contributed by atoms with van der Waals surface area (Å²) in [4.78, 5) is 21.9. The predicted molar refractivity (Wildman–Crippen MR) is 103 cm³/mol. The number of nitrogens with two attached hydrogens (primary N) is 1. The van der Waals surface area contributed by atoms with Gasteiger partial charge in [0, 0.05) is 23.8 Å². The van der Waals surface area contributed by atoms with Gasteiger partial charge in [-0.1, -0.05) is 0 Å². The molecule has 3 aromatic heterocycles. The second-order valence-corrected chi connectivity index (χ2v) is 7.68. The number of amides is 1. The van der Waals surface area contributed by atoms with Gasteiger partial charge in [0.25, 0.3) is 5.91 Å². The van der Waals surface area contributed by atoms with Gasteiger partial charge in [-0.3, -0.25) is 18.9 Å². The average Bonchev–Trinajstić information content (AvgIpc) is 3.36. The standard InChI is InChI=1S/C19H22F3N7O/c1-27(10-19(20,21)22)13-2-4-14(5-3-13)29-17-12(9-25-29)8-15(26-16(17)18(23)30)28-7-6-24-11-28/h6-9,11,13-14H,2-5,10H2,1H3,(H2,23,30). The first-order valence-corrected chi connectivity index (χ1v) is 9.66. The van der Waals surface area contributed by atoms with E-state index in [9.17, 15) is 18.0 Å². The van der Waals surface area contributed by atoms with Crippen molar-refractivity contribution in [3.63, 3.8) is 0 Å². The van der Waals surface area contributed by atoms with E-state index in [1.54, 1.807) is 40.2 Å². The molecule has 0 radical (unpaired) electrons. The second-order valence-electron chi connectivity index (χ2n) is 7.68. The van der Waals surface area contributed by atoms with E-state index in [2.05, 4.69) is 15.1 Å². The van der Waals surface area contributed by atoms with E-state index < -0.39 is 18.6 Å². The number of rotatable bonds is 5. The van der Waals surface area contributed by atoms with Crippen molar-refractivity contribution in [1.29, 1.82) is 0 Å². The van der Waals surface area contributed by atoms with Crippen LogP contribution in [0.2, 0.25) is 0 Å². The lowest BCUT2D eigenvalue weighted by Gasteiger charge is -2.35. The summed E-state index contributed by atoms with van der Waals surface area (Å²) in [5, 5.41) is 5.19. The predicted octanol–water partition coefficient (Wildman–Crippen LogP) is 2.69. The third-order valence-corrected chi connectivity index (χ3v) is 5.63. The van der Waals surface area contributed by atoms with Crippen LogP contribution in [0.15, 0.2) is 31.0 Å². The first kappa shape index (κ1) is 20.3. The summed E-state index contributed by atoms with van der Waals surface area (Å²) in [5.41, 5.74) is 6.27. The molecule has 0 bridgehead atoms. The van der Waals surface area contributed by atoms with Gasteiger partial charge < -0.3 is 5.73 Å². The summed E-state index contributed by atoms with van der Waals surface area (Å²) in [6.45, 7) is -0.917. The molecule has 0 aromatic carbocycles. The number of carbonyl (C=O) groups is 1. The molecular formula is C19H22F3N7O. The Bertz CT molecular complexity index is 1040. The SMILES string of the molecule is CN(CC(F)(F)F)C1CCC(n2ncc3cc(-n4ccnc4)nc(C(N)=O)c32)CC1. The van der Waals surface area contributed by atoms with Crippen molar-refractivity contribution in [2.24, 2.45) is 5.73 Å². The fourth-order valence-electron chi connectivity index (χ4n) is 4.20. The van der Waals surface area contributed by atoms with E-state index in [4.69, 9.17) is 5.73 Å². The Hall–Kier alpha value is -2.95. The number of primary amides is 1. The van der Waals surface area contributed by atoms with E-state index in [-0.39, 0.29) is 17.8 Å². The smallest absolute Gasteiger partial charge is 0.364 e. The Labute approximate surface area is 170 Å². The maximum Gasteiger partial charge on any atom is 0.401 e.